The minimum Gasteiger partial charge on any atom is -0.314 e. The van der Waals surface area contributed by atoms with Crippen LogP contribution in [0.2, 0.25) is 0 Å². The van der Waals surface area contributed by atoms with Crippen LogP contribution in [0.15, 0.2) is 0 Å². The van der Waals surface area contributed by atoms with Gasteiger partial charge in [-0.2, -0.15) is 0 Å². The summed E-state index contributed by atoms with van der Waals surface area (Å²) >= 11 is 0. The molecule has 0 bridgehead atoms. The molecule has 2 aliphatic rings. The van der Waals surface area contributed by atoms with Crippen LogP contribution in [0.1, 0.15) is 46.0 Å². The number of sulfonamides is 1. The predicted octanol–water partition coefficient (Wildman–Crippen LogP) is 1.83. The molecule has 2 rings (SSSR count). The van der Waals surface area contributed by atoms with Gasteiger partial charge in [-0.1, -0.05) is 13.8 Å². The molecule has 1 heterocycles. The van der Waals surface area contributed by atoms with Crippen molar-refractivity contribution in [1.82, 2.24) is 9.62 Å². The molecule has 0 atom stereocenters. The van der Waals surface area contributed by atoms with Crippen LogP contribution in [-0.4, -0.2) is 44.2 Å². The zero-order valence-corrected chi connectivity index (χ0v) is 13.1. The molecule has 5 heteroatoms. The number of piperidine rings is 1. The third kappa shape index (κ3) is 4.72. The molecule has 0 radical (unpaired) electrons. The highest BCUT2D eigenvalue weighted by Crippen LogP contribution is 2.26. The van der Waals surface area contributed by atoms with Gasteiger partial charge in [-0.3, -0.25) is 0 Å². The lowest BCUT2D eigenvalue weighted by molar-refractivity contribution is 0.226. The van der Waals surface area contributed by atoms with Crippen molar-refractivity contribution in [2.75, 3.05) is 25.4 Å². The van der Waals surface area contributed by atoms with Gasteiger partial charge in [0.2, 0.25) is 10.0 Å². The second-order valence-electron chi connectivity index (χ2n) is 6.38. The SMILES string of the molecule is CC(C)C1CCN(S(=O)(=O)CCCNC2CC2)CC1. The van der Waals surface area contributed by atoms with Gasteiger partial charge in [0.15, 0.2) is 0 Å². The highest BCUT2D eigenvalue weighted by atomic mass is 32.2. The van der Waals surface area contributed by atoms with E-state index in [1.807, 2.05) is 0 Å². The fraction of sp³-hybridized carbons (Fsp3) is 1.00. The molecule has 0 aromatic rings. The van der Waals surface area contributed by atoms with Crippen LogP contribution < -0.4 is 5.32 Å². The van der Waals surface area contributed by atoms with Gasteiger partial charge >= 0.3 is 0 Å². The molecule has 0 unspecified atom stereocenters. The Bertz CT molecular complexity index is 369. The Balaban J connectivity index is 1.70. The molecule has 2 fully saturated rings. The van der Waals surface area contributed by atoms with E-state index in [1.54, 1.807) is 4.31 Å². The number of hydrogen-bond acceptors (Lipinski definition) is 3. The lowest BCUT2D eigenvalue weighted by atomic mass is 9.87. The van der Waals surface area contributed by atoms with E-state index in [1.165, 1.54) is 12.8 Å². The maximum atomic E-state index is 12.2. The fourth-order valence-corrected chi connectivity index (χ4v) is 4.33. The molecule has 1 aliphatic carbocycles. The highest BCUT2D eigenvalue weighted by molar-refractivity contribution is 7.89. The summed E-state index contributed by atoms with van der Waals surface area (Å²) in [5, 5.41) is 3.37. The second kappa shape index (κ2) is 6.55. The van der Waals surface area contributed by atoms with E-state index in [0.29, 0.717) is 23.6 Å². The van der Waals surface area contributed by atoms with Crippen LogP contribution in [-0.2, 0) is 10.0 Å². The van der Waals surface area contributed by atoms with E-state index in [-0.39, 0.29) is 0 Å². The van der Waals surface area contributed by atoms with Crippen molar-refractivity contribution in [2.45, 2.75) is 52.0 Å². The summed E-state index contributed by atoms with van der Waals surface area (Å²) in [5.41, 5.74) is 0. The van der Waals surface area contributed by atoms with Gasteiger partial charge in [-0.05, 0) is 50.5 Å². The second-order valence-corrected chi connectivity index (χ2v) is 8.47. The summed E-state index contributed by atoms with van der Waals surface area (Å²) in [6.45, 7) is 6.76. The molecule has 1 N–H and O–H groups in total. The average molecular weight is 288 g/mol. The molecular weight excluding hydrogens is 260 g/mol. The quantitative estimate of drug-likeness (QED) is 0.727. The topological polar surface area (TPSA) is 49.4 Å². The van der Waals surface area contributed by atoms with E-state index in [9.17, 15) is 8.42 Å². The summed E-state index contributed by atoms with van der Waals surface area (Å²) in [4.78, 5) is 0. The number of hydrogen-bond donors (Lipinski definition) is 1. The Labute approximate surface area is 118 Å². The molecular formula is C14H28N2O2S. The van der Waals surface area contributed by atoms with Crippen molar-refractivity contribution in [3.8, 4) is 0 Å². The van der Waals surface area contributed by atoms with Crippen molar-refractivity contribution in [3.05, 3.63) is 0 Å². The lowest BCUT2D eigenvalue weighted by Crippen LogP contribution is -2.41. The van der Waals surface area contributed by atoms with Crippen LogP contribution >= 0.6 is 0 Å². The minimum atomic E-state index is -3.02. The molecule has 1 saturated heterocycles. The van der Waals surface area contributed by atoms with Gasteiger partial charge in [0.05, 0.1) is 5.75 Å². The maximum absolute atomic E-state index is 12.2. The molecule has 4 nitrogen and oxygen atoms in total. The van der Waals surface area contributed by atoms with E-state index < -0.39 is 10.0 Å². The molecule has 0 aromatic carbocycles. The van der Waals surface area contributed by atoms with Crippen LogP contribution in [0.4, 0.5) is 0 Å². The zero-order chi connectivity index (χ0) is 13.9. The number of nitrogens with zero attached hydrogens (tertiary/aromatic N) is 1. The summed E-state index contributed by atoms with van der Waals surface area (Å²) in [7, 11) is -3.02. The third-order valence-corrected chi connectivity index (χ3v) is 6.38. The number of rotatable bonds is 7. The van der Waals surface area contributed by atoms with Crippen molar-refractivity contribution in [3.63, 3.8) is 0 Å². The Hall–Kier alpha value is -0.130. The largest absolute Gasteiger partial charge is 0.314 e. The molecule has 0 spiro atoms. The normalized spacial score (nSPS) is 23.1. The first kappa shape index (κ1) is 15.3. The first-order valence-electron chi connectivity index (χ1n) is 7.70. The molecule has 1 aliphatic heterocycles. The van der Waals surface area contributed by atoms with Crippen molar-refractivity contribution >= 4 is 10.0 Å². The third-order valence-electron chi connectivity index (χ3n) is 4.42. The minimum absolute atomic E-state index is 0.305. The molecule has 112 valence electrons. The van der Waals surface area contributed by atoms with E-state index in [0.717, 1.165) is 38.9 Å². The fourth-order valence-electron chi connectivity index (χ4n) is 2.80. The van der Waals surface area contributed by atoms with Gasteiger partial charge in [0.1, 0.15) is 0 Å². The van der Waals surface area contributed by atoms with E-state index in [4.69, 9.17) is 0 Å². The predicted molar refractivity (Wildman–Crippen MR) is 78.6 cm³/mol. The zero-order valence-electron chi connectivity index (χ0n) is 12.3. The van der Waals surface area contributed by atoms with Crippen LogP contribution in [0.5, 0.6) is 0 Å². The lowest BCUT2D eigenvalue weighted by Gasteiger charge is -2.33. The maximum Gasteiger partial charge on any atom is 0.214 e. The van der Waals surface area contributed by atoms with Crippen molar-refractivity contribution < 1.29 is 8.42 Å². The first-order chi connectivity index (χ1) is 8.99. The molecule has 19 heavy (non-hydrogen) atoms. The molecule has 1 saturated carbocycles. The van der Waals surface area contributed by atoms with E-state index in [2.05, 4.69) is 19.2 Å². The Kier molecular flexibility index (Phi) is 5.26. The smallest absolute Gasteiger partial charge is 0.214 e. The monoisotopic (exact) mass is 288 g/mol. The Morgan fingerprint density at radius 2 is 1.79 bits per heavy atom. The van der Waals surface area contributed by atoms with Gasteiger partial charge in [-0.25, -0.2) is 12.7 Å². The Morgan fingerprint density at radius 3 is 2.32 bits per heavy atom. The van der Waals surface area contributed by atoms with Gasteiger partial charge in [0.25, 0.3) is 0 Å². The van der Waals surface area contributed by atoms with Gasteiger partial charge < -0.3 is 5.32 Å². The standard InChI is InChI=1S/C14H28N2O2S/c1-12(2)13-6-9-16(10-7-13)19(17,18)11-3-8-15-14-4-5-14/h12-15H,3-11H2,1-2H3. The van der Waals surface area contributed by atoms with Gasteiger partial charge in [-0.15, -0.1) is 0 Å². The Morgan fingerprint density at radius 1 is 1.16 bits per heavy atom. The summed E-state index contributed by atoms with van der Waals surface area (Å²) in [6, 6.07) is 0.671. The van der Waals surface area contributed by atoms with Crippen molar-refractivity contribution in [2.24, 2.45) is 11.8 Å². The summed E-state index contributed by atoms with van der Waals surface area (Å²) in [5.74, 6) is 1.68. The average Bonchev–Trinajstić information content (AvgIpc) is 3.19. The summed E-state index contributed by atoms with van der Waals surface area (Å²) < 4.78 is 26.2. The number of nitrogens with one attached hydrogen (secondary N) is 1. The van der Waals surface area contributed by atoms with E-state index >= 15 is 0 Å². The molecule has 0 amide bonds. The summed E-state index contributed by atoms with van der Waals surface area (Å²) in [6.07, 6.45) is 5.31. The van der Waals surface area contributed by atoms with Crippen LogP contribution in [0.25, 0.3) is 0 Å². The first-order valence-corrected chi connectivity index (χ1v) is 9.31. The van der Waals surface area contributed by atoms with Crippen molar-refractivity contribution in [1.29, 1.82) is 0 Å². The van der Waals surface area contributed by atoms with Crippen LogP contribution in [0.3, 0.4) is 0 Å². The van der Waals surface area contributed by atoms with Gasteiger partial charge in [0, 0.05) is 19.1 Å². The molecule has 0 aromatic heterocycles. The highest BCUT2D eigenvalue weighted by Gasteiger charge is 2.28. The van der Waals surface area contributed by atoms with Crippen LogP contribution in [0, 0.1) is 11.8 Å².